The number of amides is 1. The number of anilines is 1. The molecular formula is C26H28N2O2. The summed E-state index contributed by atoms with van der Waals surface area (Å²) >= 11 is 0. The lowest BCUT2D eigenvalue weighted by molar-refractivity contribution is 0.0666. The molecule has 3 aromatic carbocycles. The Hall–Kier alpha value is -3.27. The van der Waals surface area contributed by atoms with E-state index in [1.165, 1.54) is 0 Å². The van der Waals surface area contributed by atoms with Gasteiger partial charge in [0, 0.05) is 12.2 Å². The summed E-state index contributed by atoms with van der Waals surface area (Å²) in [5.41, 5.74) is 3.68. The summed E-state index contributed by atoms with van der Waals surface area (Å²) in [6.45, 7) is 5.60. The van der Waals surface area contributed by atoms with Gasteiger partial charge in [0.2, 0.25) is 0 Å². The minimum absolute atomic E-state index is 0.0318. The summed E-state index contributed by atoms with van der Waals surface area (Å²) in [7, 11) is 0. The molecule has 0 aliphatic carbocycles. The van der Waals surface area contributed by atoms with Crippen molar-refractivity contribution in [3.05, 3.63) is 95.6 Å². The van der Waals surface area contributed by atoms with Crippen LogP contribution in [0.25, 0.3) is 0 Å². The normalized spacial score (nSPS) is 15.6. The van der Waals surface area contributed by atoms with Crippen LogP contribution in [-0.4, -0.2) is 17.4 Å². The number of fused-ring (bicyclic) bond motifs is 1. The molecule has 1 unspecified atom stereocenters. The van der Waals surface area contributed by atoms with Crippen molar-refractivity contribution in [1.82, 2.24) is 4.90 Å². The summed E-state index contributed by atoms with van der Waals surface area (Å²) in [6.07, 6.45) is 0.749. The summed E-state index contributed by atoms with van der Waals surface area (Å²) in [5, 5.41) is 3.57. The number of nitrogens with one attached hydrogen (secondary N) is 1. The average Bonchev–Trinajstić information content (AvgIpc) is 2.76. The maximum atomic E-state index is 13.4. The highest BCUT2D eigenvalue weighted by Gasteiger charge is 2.32. The van der Waals surface area contributed by atoms with Gasteiger partial charge >= 0.3 is 0 Å². The molecule has 0 saturated carbocycles. The zero-order chi connectivity index (χ0) is 20.9. The molecule has 30 heavy (non-hydrogen) atoms. The number of rotatable bonds is 7. The van der Waals surface area contributed by atoms with Gasteiger partial charge in [0.05, 0.1) is 12.2 Å². The standard InChI is InChI=1S/C26H28N2O2/c1-19(2)15-16-30-22-12-8-11-21(17-22)25-27-24-14-7-6-13-23(24)26(29)28(25)18-20-9-4-3-5-10-20/h3-14,17,19,25,27H,15-16,18H2,1-2H3. The number of benzene rings is 3. The Bertz CT molecular complexity index is 1000. The lowest BCUT2D eigenvalue weighted by Crippen LogP contribution is -2.42. The molecule has 0 spiro atoms. The molecule has 154 valence electrons. The van der Waals surface area contributed by atoms with Gasteiger partial charge in [0.1, 0.15) is 11.9 Å². The summed E-state index contributed by atoms with van der Waals surface area (Å²) in [4.78, 5) is 15.3. The van der Waals surface area contributed by atoms with Crippen LogP contribution >= 0.6 is 0 Å². The topological polar surface area (TPSA) is 41.6 Å². The van der Waals surface area contributed by atoms with Crippen LogP contribution in [0.4, 0.5) is 5.69 Å². The Morgan fingerprint density at radius 2 is 1.73 bits per heavy atom. The van der Waals surface area contributed by atoms with Gasteiger partial charge in [-0.2, -0.15) is 0 Å². The molecule has 0 fully saturated rings. The van der Waals surface area contributed by atoms with Crippen LogP contribution in [0.2, 0.25) is 0 Å². The van der Waals surface area contributed by atoms with E-state index in [1.54, 1.807) is 0 Å². The van der Waals surface area contributed by atoms with Gasteiger partial charge < -0.3 is 15.0 Å². The van der Waals surface area contributed by atoms with Gasteiger partial charge in [-0.25, -0.2) is 0 Å². The van der Waals surface area contributed by atoms with Gasteiger partial charge in [-0.15, -0.1) is 0 Å². The first-order valence-corrected chi connectivity index (χ1v) is 10.5. The van der Waals surface area contributed by atoms with Crippen molar-refractivity contribution in [2.45, 2.75) is 33.0 Å². The van der Waals surface area contributed by atoms with Crippen LogP contribution in [0, 0.1) is 5.92 Å². The molecule has 1 heterocycles. The quantitative estimate of drug-likeness (QED) is 0.539. The van der Waals surface area contributed by atoms with E-state index in [9.17, 15) is 4.79 Å². The molecular weight excluding hydrogens is 372 g/mol. The number of nitrogens with zero attached hydrogens (tertiary/aromatic N) is 1. The van der Waals surface area contributed by atoms with E-state index in [2.05, 4.69) is 31.3 Å². The predicted molar refractivity (Wildman–Crippen MR) is 121 cm³/mol. The van der Waals surface area contributed by atoms with Crippen molar-refractivity contribution < 1.29 is 9.53 Å². The van der Waals surface area contributed by atoms with Crippen LogP contribution in [0.5, 0.6) is 5.75 Å². The molecule has 1 aliphatic rings. The zero-order valence-electron chi connectivity index (χ0n) is 17.5. The maximum Gasteiger partial charge on any atom is 0.258 e. The SMILES string of the molecule is CC(C)CCOc1cccc(C2Nc3ccccc3C(=O)N2Cc2ccccc2)c1. The van der Waals surface area contributed by atoms with Crippen LogP contribution < -0.4 is 10.1 Å². The molecule has 0 aromatic heterocycles. The second-order valence-corrected chi connectivity index (χ2v) is 8.11. The molecule has 4 rings (SSSR count). The Balaban J connectivity index is 1.64. The third-order valence-electron chi connectivity index (χ3n) is 5.36. The van der Waals surface area contributed by atoms with Gasteiger partial charge in [-0.05, 0) is 47.7 Å². The van der Waals surface area contributed by atoms with Crippen molar-refractivity contribution in [2.24, 2.45) is 5.92 Å². The predicted octanol–water partition coefficient (Wildman–Crippen LogP) is 5.88. The van der Waals surface area contributed by atoms with Crippen molar-refractivity contribution in [2.75, 3.05) is 11.9 Å². The number of carbonyl (C=O) groups is 1. The molecule has 1 atom stereocenters. The highest BCUT2D eigenvalue weighted by atomic mass is 16.5. The fourth-order valence-electron chi connectivity index (χ4n) is 3.69. The first kappa shape index (κ1) is 20.0. The van der Waals surface area contributed by atoms with Crippen LogP contribution in [0.15, 0.2) is 78.9 Å². The molecule has 0 bridgehead atoms. The second kappa shape index (κ2) is 9.04. The first-order chi connectivity index (χ1) is 14.6. The van der Waals surface area contributed by atoms with E-state index in [0.717, 1.165) is 29.0 Å². The maximum absolute atomic E-state index is 13.4. The van der Waals surface area contributed by atoms with Crippen molar-refractivity contribution in [3.63, 3.8) is 0 Å². The minimum atomic E-state index is -0.263. The number of ether oxygens (including phenoxy) is 1. The third-order valence-corrected chi connectivity index (χ3v) is 5.36. The van der Waals surface area contributed by atoms with Crippen molar-refractivity contribution in [3.8, 4) is 5.75 Å². The third kappa shape index (κ3) is 4.48. The van der Waals surface area contributed by atoms with Crippen LogP contribution in [0.3, 0.4) is 0 Å². The minimum Gasteiger partial charge on any atom is -0.494 e. The zero-order valence-corrected chi connectivity index (χ0v) is 17.5. The fraction of sp³-hybridized carbons (Fsp3) is 0.269. The monoisotopic (exact) mass is 400 g/mol. The highest BCUT2D eigenvalue weighted by Crippen LogP contribution is 2.35. The molecule has 1 amide bonds. The molecule has 4 nitrogen and oxygen atoms in total. The first-order valence-electron chi connectivity index (χ1n) is 10.5. The van der Waals surface area contributed by atoms with E-state index in [4.69, 9.17) is 4.74 Å². The lowest BCUT2D eigenvalue weighted by atomic mass is 10.0. The van der Waals surface area contributed by atoms with E-state index < -0.39 is 0 Å². The smallest absolute Gasteiger partial charge is 0.258 e. The molecule has 3 aromatic rings. The highest BCUT2D eigenvalue weighted by molar-refractivity contribution is 6.01. The van der Waals surface area contributed by atoms with E-state index >= 15 is 0 Å². The number of carbonyl (C=O) groups excluding carboxylic acids is 1. The van der Waals surface area contributed by atoms with Gasteiger partial charge in [-0.1, -0.05) is 68.4 Å². The fourth-order valence-corrected chi connectivity index (χ4v) is 3.69. The van der Waals surface area contributed by atoms with Crippen molar-refractivity contribution in [1.29, 1.82) is 0 Å². The molecule has 0 radical (unpaired) electrons. The molecule has 1 aliphatic heterocycles. The molecule has 1 N–H and O–H groups in total. The average molecular weight is 401 g/mol. The summed E-state index contributed by atoms with van der Waals surface area (Å²) < 4.78 is 5.97. The van der Waals surface area contributed by atoms with E-state index in [1.807, 2.05) is 71.6 Å². The summed E-state index contributed by atoms with van der Waals surface area (Å²) in [6, 6.07) is 25.9. The molecule has 4 heteroatoms. The van der Waals surface area contributed by atoms with Crippen molar-refractivity contribution >= 4 is 11.6 Å². The number of hydrogen-bond acceptors (Lipinski definition) is 3. The van der Waals surface area contributed by atoms with Gasteiger partial charge in [-0.3, -0.25) is 4.79 Å². The largest absolute Gasteiger partial charge is 0.494 e. The Morgan fingerprint density at radius 3 is 2.53 bits per heavy atom. The number of hydrogen-bond donors (Lipinski definition) is 1. The van der Waals surface area contributed by atoms with Crippen LogP contribution in [-0.2, 0) is 6.54 Å². The second-order valence-electron chi connectivity index (χ2n) is 8.11. The lowest BCUT2D eigenvalue weighted by Gasteiger charge is -2.38. The molecule has 0 saturated heterocycles. The Kier molecular flexibility index (Phi) is 6.03. The summed E-state index contributed by atoms with van der Waals surface area (Å²) in [5.74, 6) is 1.47. The van der Waals surface area contributed by atoms with Crippen LogP contribution in [0.1, 0.15) is 47.9 Å². The van der Waals surface area contributed by atoms with Gasteiger partial charge in [0.15, 0.2) is 0 Å². The number of para-hydroxylation sites is 1. The van der Waals surface area contributed by atoms with Gasteiger partial charge in [0.25, 0.3) is 5.91 Å². The Morgan fingerprint density at radius 1 is 0.967 bits per heavy atom. The van der Waals surface area contributed by atoms with E-state index in [0.29, 0.717) is 24.6 Å². The van der Waals surface area contributed by atoms with E-state index in [-0.39, 0.29) is 12.1 Å². The Labute approximate surface area is 178 Å².